The van der Waals surface area contributed by atoms with Gasteiger partial charge in [0.15, 0.2) is 28.9 Å². The molecule has 0 saturated heterocycles. The number of aromatic nitrogens is 5. The molecule has 12 aromatic rings. The van der Waals surface area contributed by atoms with Gasteiger partial charge in [0.25, 0.3) is 0 Å². The van der Waals surface area contributed by atoms with Crippen LogP contribution in [0.25, 0.3) is 121 Å². The summed E-state index contributed by atoms with van der Waals surface area (Å²) in [6, 6.07) is 55.2. The van der Waals surface area contributed by atoms with Gasteiger partial charge in [-0.1, -0.05) is 115 Å². The van der Waals surface area contributed by atoms with E-state index in [1.54, 1.807) is 11.3 Å². The molecule has 0 fully saturated rings. The minimum absolute atomic E-state index is 0.585. The second kappa shape index (κ2) is 12.5. The number of furan rings is 2. The average Bonchev–Trinajstić information content (AvgIpc) is 3.98. The van der Waals surface area contributed by atoms with Crippen molar-refractivity contribution >= 4 is 75.5 Å². The zero-order valence-electron chi connectivity index (χ0n) is 30.0. The predicted octanol–water partition coefficient (Wildman–Crippen LogP) is 13.2. The summed E-state index contributed by atoms with van der Waals surface area (Å²) in [7, 11) is 0. The van der Waals surface area contributed by atoms with Gasteiger partial charge in [-0.15, -0.1) is 11.3 Å². The van der Waals surface area contributed by atoms with E-state index in [9.17, 15) is 0 Å². The van der Waals surface area contributed by atoms with E-state index in [1.807, 2.05) is 97.1 Å². The van der Waals surface area contributed by atoms with E-state index in [0.717, 1.165) is 92.1 Å². The van der Waals surface area contributed by atoms with Gasteiger partial charge in [-0.3, -0.25) is 0 Å². The van der Waals surface area contributed by atoms with Gasteiger partial charge in [0.1, 0.15) is 28.0 Å². The van der Waals surface area contributed by atoms with Gasteiger partial charge in [-0.2, -0.15) is 0 Å². The molecule has 5 heterocycles. The van der Waals surface area contributed by atoms with Gasteiger partial charge in [0.2, 0.25) is 0 Å². The molecule has 0 bridgehead atoms. The maximum atomic E-state index is 6.39. The van der Waals surface area contributed by atoms with Crippen molar-refractivity contribution < 1.29 is 8.83 Å². The Morgan fingerprint density at radius 1 is 0.386 bits per heavy atom. The summed E-state index contributed by atoms with van der Waals surface area (Å²) in [6.45, 7) is 0. The maximum Gasteiger partial charge on any atom is 0.180 e. The third-order valence-electron chi connectivity index (χ3n) is 10.6. The topological polar surface area (TPSA) is 90.7 Å². The van der Waals surface area contributed by atoms with Crippen molar-refractivity contribution in [3.8, 4) is 56.8 Å². The van der Waals surface area contributed by atoms with Crippen LogP contribution >= 0.6 is 11.3 Å². The summed E-state index contributed by atoms with van der Waals surface area (Å²) in [6.07, 6.45) is 0. The van der Waals surface area contributed by atoms with Crippen LogP contribution in [0.2, 0.25) is 0 Å². The normalized spacial score (nSPS) is 11.9. The molecule has 12 rings (SSSR count). The molecule has 0 aliphatic carbocycles. The van der Waals surface area contributed by atoms with Gasteiger partial charge >= 0.3 is 0 Å². The Balaban J connectivity index is 1.05. The molecule has 0 saturated carbocycles. The molecule has 0 radical (unpaired) electrons. The second-order valence-corrected chi connectivity index (χ2v) is 15.0. The van der Waals surface area contributed by atoms with Crippen LogP contribution in [0.3, 0.4) is 0 Å². The Kier molecular flexibility index (Phi) is 6.96. The summed E-state index contributed by atoms with van der Waals surface area (Å²) >= 11 is 1.74. The first-order valence-corrected chi connectivity index (χ1v) is 19.5. The number of thiophene rings is 1. The number of hydrogen-bond donors (Lipinski definition) is 0. The first kappa shape index (κ1) is 31.8. The fourth-order valence-corrected chi connectivity index (χ4v) is 9.11. The lowest BCUT2D eigenvalue weighted by molar-refractivity contribution is 0.667. The highest BCUT2D eigenvalue weighted by atomic mass is 32.1. The van der Waals surface area contributed by atoms with Crippen molar-refractivity contribution in [1.82, 2.24) is 24.9 Å². The van der Waals surface area contributed by atoms with Crippen LogP contribution in [0.15, 0.2) is 173 Å². The fraction of sp³-hybridized carbons (Fsp3) is 0. The molecule has 7 nitrogen and oxygen atoms in total. The molecule has 7 aromatic carbocycles. The Morgan fingerprint density at radius 2 is 1.00 bits per heavy atom. The zero-order chi connectivity index (χ0) is 37.5. The van der Waals surface area contributed by atoms with E-state index in [0.29, 0.717) is 28.9 Å². The van der Waals surface area contributed by atoms with Gasteiger partial charge < -0.3 is 8.83 Å². The smallest absolute Gasteiger partial charge is 0.180 e. The van der Waals surface area contributed by atoms with Crippen LogP contribution in [-0.2, 0) is 0 Å². The summed E-state index contributed by atoms with van der Waals surface area (Å²) in [5.74, 6) is 2.43. The van der Waals surface area contributed by atoms with E-state index in [1.165, 1.54) is 0 Å². The predicted molar refractivity (Wildman–Crippen MR) is 230 cm³/mol. The number of para-hydroxylation sites is 2. The summed E-state index contributed by atoms with van der Waals surface area (Å²) in [5, 5.41) is 5.19. The number of nitrogens with zero attached hydrogens (tertiary/aromatic N) is 5. The van der Waals surface area contributed by atoms with Crippen molar-refractivity contribution in [2.75, 3.05) is 0 Å². The van der Waals surface area contributed by atoms with Gasteiger partial charge in [-0.05, 0) is 48.5 Å². The average molecular weight is 750 g/mol. The van der Waals surface area contributed by atoms with Crippen LogP contribution in [0.5, 0.6) is 0 Å². The lowest BCUT2D eigenvalue weighted by Gasteiger charge is -2.09. The first-order chi connectivity index (χ1) is 28.2. The first-order valence-electron chi connectivity index (χ1n) is 18.7. The SMILES string of the molecule is c1ccc(-c2nc(-c3ccc4sc5c(-c6nc(-c7ccccc7)c7oc8ccccc8c7n6)cccc5c4c3)nc(-c3cccc4oc5ccccc5c34)n2)cc1. The van der Waals surface area contributed by atoms with Crippen LogP contribution in [0, 0.1) is 0 Å². The van der Waals surface area contributed by atoms with Gasteiger partial charge in [0.05, 0.1) is 0 Å². The number of benzene rings is 7. The molecule has 0 unspecified atom stereocenters. The molecular weight excluding hydrogens is 723 g/mol. The van der Waals surface area contributed by atoms with Crippen LogP contribution in [0.4, 0.5) is 0 Å². The Labute approximate surface area is 328 Å². The minimum Gasteiger partial charge on any atom is -0.456 e. The molecule has 0 N–H and O–H groups in total. The van der Waals surface area contributed by atoms with Crippen molar-refractivity contribution in [1.29, 1.82) is 0 Å². The third kappa shape index (κ3) is 5.08. The van der Waals surface area contributed by atoms with Gasteiger partial charge in [0, 0.05) is 64.1 Å². The highest BCUT2D eigenvalue weighted by Gasteiger charge is 2.22. The van der Waals surface area contributed by atoms with Crippen molar-refractivity contribution in [2.24, 2.45) is 0 Å². The molecule has 5 aromatic heterocycles. The van der Waals surface area contributed by atoms with E-state index >= 15 is 0 Å². The molecule has 0 aliphatic rings. The van der Waals surface area contributed by atoms with Gasteiger partial charge in [-0.25, -0.2) is 24.9 Å². The summed E-state index contributed by atoms with van der Waals surface area (Å²) in [5.41, 5.74) is 9.30. The summed E-state index contributed by atoms with van der Waals surface area (Å²) < 4.78 is 14.9. The molecule has 266 valence electrons. The number of hydrogen-bond acceptors (Lipinski definition) is 8. The molecule has 0 aliphatic heterocycles. The van der Waals surface area contributed by atoms with E-state index < -0.39 is 0 Å². The molecule has 57 heavy (non-hydrogen) atoms. The lowest BCUT2D eigenvalue weighted by Crippen LogP contribution is -2.00. The number of fused-ring (bicyclic) bond motifs is 9. The quantitative estimate of drug-likeness (QED) is 0.173. The van der Waals surface area contributed by atoms with E-state index in [-0.39, 0.29) is 0 Å². The molecule has 0 amide bonds. The standard InChI is InChI=1S/C49H27N5O2S/c1-3-13-28(14-4-1)42-44-43(33-18-8-10-23-38(33)56-44)51-49(50-42)35-21-11-19-31-36-27-30(25-26-40(36)57-45(31)35)47-52-46(29-15-5-2-6-16-29)53-48(54-47)34-20-12-24-39-41(34)32-17-7-9-22-37(32)55-39/h1-27H. The van der Waals surface area contributed by atoms with Crippen LogP contribution in [0.1, 0.15) is 0 Å². The van der Waals surface area contributed by atoms with Crippen molar-refractivity contribution in [2.45, 2.75) is 0 Å². The Bertz CT molecular complexity index is 3540. The molecule has 0 spiro atoms. The van der Waals surface area contributed by atoms with E-state index in [2.05, 4.69) is 66.7 Å². The second-order valence-electron chi connectivity index (χ2n) is 14.0. The summed E-state index contributed by atoms with van der Waals surface area (Å²) in [4.78, 5) is 25.7. The highest BCUT2D eigenvalue weighted by Crippen LogP contribution is 2.43. The van der Waals surface area contributed by atoms with Crippen LogP contribution in [-0.4, -0.2) is 24.9 Å². The monoisotopic (exact) mass is 749 g/mol. The Hall–Kier alpha value is -7.55. The van der Waals surface area contributed by atoms with Crippen LogP contribution < -0.4 is 0 Å². The maximum absolute atomic E-state index is 6.39. The largest absolute Gasteiger partial charge is 0.456 e. The molecular formula is C49H27N5O2S. The lowest BCUT2D eigenvalue weighted by atomic mass is 10.0. The highest BCUT2D eigenvalue weighted by molar-refractivity contribution is 7.26. The number of rotatable bonds is 5. The molecule has 8 heteroatoms. The zero-order valence-corrected chi connectivity index (χ0v) is 30.9. The minimum atomic E-state index is 0.585. The van der Waals surface area contributed by atoms with Crippen molar-refractivity contribution in [3.63, 3.8) is 0 Å². The Morgan fingerprint density at radius 3 is 1.82 bits per heavy atom. The molecule has 0 atom stereocenters. The van der Waals surface area contributed by atoms with E-state index in [4.69, 9.17) is 33.8 Å². The third-order valence-corrected chi connectivity index (χ3v) is 11.8. The van der Waals surface area contributed by atoms with Crippen molar-refractivity contribution in [3.05, 3.63) is 164 Å². The fourth-order valence-electron chi connectivity index (χ4n) is 7.92.